The molecule has 1 heterocycles. The monoisotopic (exact) mass is 295 g/mol. The predicted octanol–water partition coefficient (Wildman–Crippen LogP) is 1.79. The van der Waals surface area contributed by atoms with Crippen molar-refractivity contribution < 1.29 is 12.8 Å². The van der Waals surface area contributed by atoms with Crippen LogP contribution in [0.3, 0.4) is 0 Å². The van der Waals surface area contributed by atoms with Crippen LogP contribution in [-0.2, 0) is 16.6 Å². The number of aromatic nitrogens is 1. The van der Waals surface area contributed by atoms with Gasteiger partial charge in [-0.3, -0.25) is 9.71 Å². The normalized spacial score (nSPS) is 11.3. The number of pyridine rings is 1. The van der Waals surface area contributed by atoms with Crippen LogP contribution < -0.4 is 10.5 Å². The zero-order valence-electron chi connectivity index (χ0n) is 10.8. The van der Waals surface area contributed by atoms with Crippen LogP contribution in [0.5, 0.6) is 0 Å². The van der Waals surface area contributed by atoms with Crippen LogP contribution in [0, 0.1) is 12.7 Å². The molecular formula is C13H14FN3O2S. The van der Waals surface area contributed by atoms with Crippen molar-refractivity contribution in [3.63, 3.8) is 0 Å². The number of nitrogens with zero attached hydrogens (tertiary/aromatic N) is 1. The lowest BCUT2D eigenvalue weighted by Gasteiger charge is -2.12. The minimum atomic E-state index is -3.91. The first-order chi connectivity index (χ1) is 9.44. The van der Waals surface area contributed by atoms with Gasteiger partial charge in [0.1, 0.15) is 5.82 Å². The summed E-state index contributed by atoms with van der Waals surface area (Å²) in [6, 6.07) is 5.17. The molecule has 2 aromatic rings. The van der Waals surface area contributed by atoms with E-state index < -0.39 is 15.8 Å². The highest BCUT2D eigenvalue weighted by Gasteiger charge is 2.19. The van der Waals surface area contributed by atoms with Crippen molar-refractivity contribution in [2.24, 2.45) is 5.73 Å². The zero-order chi connectivity index (χ0) is 14.8. The van der Waals surface area contributed by atoms with Gasteiger partial charge < -0.3 is 5.73 Å². The van der Waals surface area contributed by atoms with Crippen LogP contribution in [0.2, 0.25) is 0 Å². The van der Waals surface area contributed by atoms with Gasteiger partial charge in [-0.15, -0.1) is 0 Å². The van der Waals surface area contributed by atoms with E-state index in [2.05, 4.69) is 9.71 Å². The second kappa shape index (κ2) is 5.56. The summed E-state index contributed by atoms with van der Waals surface area (Å²) in [5, 5.41) is 0. The highest BCUT2D eigenvalue weighted by molar-refractivity contribution is 7.92. The highest BCUT2D eigenvalue weighted by Crippen LogP contribution is 2.22. The first-order valence-electron chi connectivity index (χ1n) is 5.86. The Morgan fingerprint density at radius 2 is 2.10 bits per heavy atom. The summed E-state index contributed by atoms with van der Waals surface area (Å²) in [7, 11) is -3.91. The Labute approximate surface area is 116 Å². The molecule has 0 spiro atoms. The van der Waals surface area contributed by atoms with Crippen molar-refractivity contribution in [2.45, 2.75) is 18.4 Å². The molecule has 0 unspecified atom stereocenters. The molecule has 0 aliphatic carbocycles. The van der Waals surface area contributed by atoms with E-state index in [4.69, 9.17) is 5.73 Å². The van der Waals surface area contributed by atoms with Gasteiger partial charge in [0, 0.05) is 12.7 Å². The maximum absolute atomic E-state index is 13.3. The molecule has 1 aromatic carbocycles. The van der Waals surface area contributed by atoms with E-state index in [0.717, 1.165) is 6.07 Å². The third-order valence-corrected chi connectivity index (χ3v) is 4.27. The molecule has 0 radical (unpaired) electrons. The second-order valence-electron chi connectivity index (χ2n) is 4.25. The maximum atomic E-state index is 13.3. The van der Waals surface area contributed by atoms with Crippen LogP contribution in [0.4, 0.5) is 10.1 Å². The smallest absolute Gasteiger partial charge is 0.262 e. The molecule has 0 amide bonds. The quantitative estimate of drug-likeness (QED) is 0.900. The largest absolute Gasteiger partial charge is 0.326 e. The molecule has 0 fully saturated rings. The van der Waals surface area contributed by atoms with Crippen molar-refractivity contribution in [1.82, 2.24) is 4.98 Å². The predicted molar refractivity (Wildman–Crippen MR) is 74.1 cm³/mol. The molecule has 0 bridgehead atoms. The van der Waals surface area contributed by atoms with Gasteiger partial charge in [-0.2, -0.15) is 0 Å². The lowest BCUT2D eigenvalue weighted by atomic mass is 10.2. The van der Waals surface area contributed by atoms with Gasteiger partial charge in [0.05, 0.1) is 16.8 Å². The van der Waals surface area contributed by atoms with E-state index in [1.807, 2.05) is 0 Å². The van der Waals surface area contributed by atoms with E-state index in [1.165, 1.54) is 18.3 Å². The Bertz CT molecular complexity index is 732. The van der Waals surface area contributed by atoms with Crippen LogP contribution >= 0.6 is 0 Å². The second-order valence-corrected chi connectivity index (χ2v) is 5.90. The summed E-state index contributed by atoms with van der Waals surface area (Å²) in [5.74, 6) is -0.634. The molecule has 20 heavy (non-hydrogen) atoms. The number of benzene rings is 1. The first-order valence-corrected chi connectivity index (χ1v) is 7.34. The maximum Gasteiger partial charge on any atom is 0.262 e. The van der Waals surface area contributed by atoms with Gasteiger partial charge in [-0.1, -0.05) is 6.07 Å². The lowest BCUT2D eigenvalue weighted by molar-refractivity contribution is 0.593. The molecule has 5 nitrogen and oxygen atoms in total. The number of sulfonamides is 1. The standard InChI is InChI=1S/C13H14FN3O2S/c1-9-4-5-16-8-12(9)17-20(18,19)13-6-11(14)3-2-10(13)7-15/h2-6,8,17H,7,15H2,1H3. The molecule has 1 aromatic heterocycles. The number of halogens is 1. The average molecular weight is 295 g/mol. The summed E-state index contributed by atoms with van der Waals surface area (Å²) in [4.78, 5) is 3.69. The van der Waals surface area contributed by atoms with Gasteiger partial charge >= 0.3 is 0 Å². The molecule has 0 saturated carbocycles. The van der Waals surface area contributed by atoms with Crippen LogP contribution in [0.15, 0.2) is 41.6 Å². The van der Waals surface area contributed by atoms with E-state index in [1.54, 1.807) is 19.2 Å². The Morgan fingerprint density at radius 3 is 2.75 bits per heavy atom. The van der Waals surface area contributed by atoms with Crippen molar-refractivity contribution >= 4 is 15.7 Å². The summed E-state index contributed by atoms with van der Waals surface area (Å²) in [5.41, 5.74) is 6.91. The Morgan fingerprint density at radius 1 is 1.35 bits per heavy atom. The average Bonchev–Trinajstić information content (AvgIpc) is 2.41. The molecular weight excluding hydrogens is 281 g/mol. The SMILES string of the molecule is Cc1ccncc1NS(=O)(=O)c1cc(F)ccc1CN. The van der Waals surface area contributed by atoms with E-state index in [9.17, 15) is 12.8 Å². The van der Waals surface area contributed by atoms with Gasteiger partial charge in [0.2, 0.25) is 0 Å². The first kappa shape index (κ1) is 14.4. The van der Waals surface area contributed by atoms with Gasteiger partial charge in [0.15, 0.2) is 0 Å². The Balaban J connectivity index is 2.46. The Kier molecular flexibility index (Phi) is 4.01. The highest BCUT2D eigenvalue weighted by atomic mass is 32.2. The van der Waals surface area contributed by atoms with Gasteiger partial charge in [-0.05, 0) is 36.2 Å². The molecule has 0 atom stereocenters. The fraction of sp³-hybridized carbons (Fsp3) is 0.154. The minimum Gasteiger partial charge on any atom is -0.326 e. The summed E-state index contributed by atoms with van der Waals surface area (Å²) in [6.07, 6.45) is 2.95. The fourth-order valence-electron chi connectivity index (χ4n) is 1.72. The number of nitrogens with two attached hydrogens (primary N) is 1. The van der Waals surface area contributed by atoms with Crippen LogP contribution in [0.25, 0.3) is 0 Å². The van der Waals surface area contributed by atoms with Gasteiger partial charge in [0.25, 0.3) is 10.0 Å². The number of anilines is 1. The third kappa shape index (κ3) is 2.94. The number of hydrogen-bond acceptors (Lipinski definition) is 4. The molecule has 0 saturated heterocycles. The van der Waals surface area contributed by atoms with Crippen molar-refractivity contribution in [2.75, 3.05) is 4.72 Å². The molecule has 106 valence electrons. The van der Waals surface area contributed by atoms with Crippen LogP contribution in [0.1, 0.15) is 11.1 Å². The summed E-state index contributed by atoms with van der Waals surface area (Å²) < 4.78 is 40.3. The number of rotatable bonds is 4. The van der Waals surface area contributed by atoms with E-state index in [0.29, 0.717) is 16.8 Å². The lowest BCUT2D eigenvalue weighted by Crippen LogP contribution is -2.17. The molecule has 2 rings (SSSR count). The minimum absolute atomic E-state index is 0.00252. The van der Waals surface area contributed by atoms with E-state index >= 15 is 0 Å². The zero-order valence-corrected chi connectivity index (χ0v) is 11.6. The molecule has 7 heteroatoms. The van der Waals surface area contributed by atoms with Crippen molar-refractivity contribution in [3.05, 3.63) is 53.6 Å². The van der Waals surface area contributed by atoms with Gasteiger partial charge in [-0.25, -0.2) is 12.8 Å². The number of aryl methyl sites for hydroxylation is 1. The fourth-order valence-corrected chi connectivity index (χ4v) is 3.10. The molecule has 3 N–H and O–H groups in total. The van der Waals surface area contributed by atoms with Crippen LogP contribution in [-0.4, -0.2) is 13.4 Å². The Hall–Kier alpha value is -1.99. The molecule has 0 aliphatic heterocycles. The number of nitrogens with one attached hydrogen (secondary N) is 1. The number of hydrogen-bond donors (Lipinski definition) is 2. The topological polar surface area (TPSA) is 85.1 Å². The summed E-state index contributed by atoms with van der Waals surface area (Å²) >= 11 is 0. The summed E-state index contributed by atoms with van der Waals surface area (Å²) in [6.45, 7) is 1.75. The third-order valence-electron chi connectivity index (χ3n) is 2.82. The van der Waals surface area contributed by atoms with E-state index in [-0.39, 0.29) is 11.4 Å². The molecule has 0 aliphatic rings. The van der Waals surface area contributed by atoms with Crippen molar-refractivity contribution in [3.8, 4) is 0 Å². The van der Waals surface area contributed by atoms with Crippen molar-refractivity contribution in [1.29, 1.82) is 0 Å².